The summed E-state index contributed by atoms with van der Waals surface area (Å²) in [5, 5.41) is 14.4. The van der Waals surface area contributed by atoms with E-state index in [4.69, 9.17) is 27.1 Å². The van der Waals surface area contributed by atoms with Crippen LogP contribution in [0.25, 0.3) is 0 Å². The average molecular weight is 847 g/mol. The first-order valence-electron chi connectivity index (χ1n) is 21.0. The molecule has 0 aromatic heterocycles. The van der Waals surface area contributed by atoms with E-state index in [9.17, 15) is 19.0 Å². The van der Waals surface area contributed by atoms with Crippen LogP contribution in [0.15, 0.2) is 65.3 Å². The van der Waals surface area contributed by atoms with Crippen LogP contribution in [0.3, 0.4) is 0 Å². The third-order valence-corrected chi connectivity index (χ3v) is 12.1. The molecule has 0 unspecified atom stereocenters. The SMILES string of the molecule is CCCCOP(=O)(OCCCC)Oc1cccc2c1Nc1c(OP(=O)(OCCCC)OCCCC)cc(O)cc1N(C/C=C(\C)CC/C=C(\C)CCC=C(C)C)C2=O. The number of aromatic hydroxyl groups is 1. The van der Waals surface area contributed by atoms with Crippen molar-refractivity contribution in [3.8, 4) is 17.2 Å². The van der Waals surface area contributed by atoms with E-state index in [1.54, 1.807) is 18.2 Å². The van der Waals surface area contributed by atoms with Crippen molar-refractivity contribution in [2.75, 3.05) is 43.2 Å². The maximum Gasteiger partial charge on any atom is 0.530 e. The highest BCUT2D eigenvalue weighted by Crippen LogP contribution is 2.57. The normalized spacial score (nSPS) is 13.4. The van der Waals surface area contributed by atoms with Gasteiger partial charge in [-0.1, -0.05) is 94.4 Å². The molecule has 0 radical (unpaired) electrons. The van der Waals surface area contributed by atoms with Gasteiger partial charge in [-0.3, -0.25) is 22.9 Å². The molecule has 0 saturated heterocycles. The molecular formula is C44H68N2O10P2. The molecule has 2 aromatic rings. The molecular weight excluding hydrogens is 778 g/mol. The molecule has 0 bridgehead atoms. The van der Waals surface area contributed by atoms with E-state index in [2.05, 4.69) is 38.2 Å². The van der Waals surface area contributed by atoms with Gasteiger partial charge in [-0.25, -0.2) is 9.13 Å². The number of carbonyl (C=O) groups is 1. The second-order valence-electron chi connectivity index (χ2n) is 14.8. The first-order valence-corrected chi connectivity index (χ1v) is 23.9. The Kier molecular flexibility index (Phi) is 21.4. The van der Waals surface area contributed by atoms with Crippen molar-refractivity contribution in [2.24, 2.45) is 0 Å². The topological polar surface area (TPSA) is 142 Å². The molecule has 324 valence electrons. The summed E-state index contributed by atoms with van der Waals surface area (Å²) in [5.74, 6) is -0.716. The molecule has 12 nitrogen and oxygen atoms in total. The van der Waals surface area contributed by atoms with Gasteiger partial charge in [-0.05, 0) is 91.2 Å². The van der Waals surface area contributed by atoms with Crippen molar-refractivity contribution in [2.45, 2.75) is 132 Å². The lowest BCUT2D eigenvalue weighted by Crippen LogP contribution is -2.30. The summed E-state index contributed by atoms with van der Waals surface area (Å²) >= 11 is 0. The van der Waals surface area contributed by atoms with Crippen molar-refractivity contribution >= 4 is 38.6 Å². The summed E-state index contributed by atoms with van der Waals surface area (Å²) in [7, 11) is -8.39. The molecule has 0 atom stereocenters. The van der Waals surface area contributed by atoms with Gasteiger partial charge in [0.2, 0.25) is 0 Å². The van der Waals surface area contributed by atoms with Gasteiger partial charge in [0.1, 0.15) is 11.4 Å². The Morgan fingerprint density at radius 1 is 0.690 bits per heavy atom. The molecule has 1 heterocycles. The van der Waals surface area contributed by atoms with Crippen LogP contribution in [0.2, 0.25) is 0 Å². The number of para-hydroxylation sites is 1. The minimum Gasteiger partial charge on any atom is -0.508 e. The van der Waals surface area contributed by atoms with Gasteiger partial charge in [-0.2, -0.15) is 0 Å². The van der Waals surface area contributed by atoms with E-state index < -0.39 is 21.6 Å². The minimum atomic E-state index is -4.23. The molecule has 0 aliphatic carbocycles. The number of hydrogen-bond donors (Lipinski definition) is 2. The van der Waals surface area contributed by atoms with Crippen LogP contribution in [0, 0.1) is 0 Å². The number of allylic oxidation sites excluding steroid dienone is 5. The number of fused-ring (bicyclic) bond motifs is 2. The summed E-state index contributed by atoms with van der Waals surface area (Å²) in [6.45, 7) is 17.0. The lowest BCUT2D eigenvalue weighted by atomic mass is 10.1. The molecule has 2 aromatic carbocycles. The van der Waals surface area contributed by atoms with Gasteiger partial charge < -0.3 is 24.4 Å². The lowest BCUT2D eigenvalue weighted by Gasteiger charge is -2.25. The Labute approximate surface area is 347 Å². The molecule has 0 spiro atoms. The van der Waals surface area contributed by atoms with Crippen molar-refractivity contribution in [1.29, 1.82) is 0 Å². The molecule has 14 heteroatoms. The van der Waals surface area contributed by atoms with Crippen LogP contribution in [0.4, 0.5) is 17.1 Å². The number of phenols is 1. The smallest absolute Gasteiger partial charge is 0.508 e. The monoisotopic (exact) mass is 846 g/mol. The number of hydrogen-bond acceptors (Lipinski definition) is 11. The Hall–Kier alpha value is -3.37. The standard InChI is InChI=1S/C44H68N2O10P2/c1-9-13-28-51-57(49,52-29-14-10-2)55-40-25-19-24-38-42(40)45-43-39(32-37(47)33-41(43)56-58(50,53-30-15-11-3)54-31-16-12-4)46(44(38)48)27-26-36(8)23-18-22-35(7)21-17-20-34(5)6/h19-20,22,24-26,32-33,45,47H,9-18,21,23,27-31H2,1-8H3/b35-22+,36-26+. The van der Waals surface area contributed by atoms with Crippen molar-refractivity contribution in [1.82, 2.24) is 0 Å². The fraction of sp³-hybridized carbons (Fsp3) is 0.568. The van der Waals surface area contributed by atoms with Crippen molar-refractivity contribution < 1.29 is 46.2 Å². The summed E-state index contributed by atoms with van der Waals surface area (Å²) < 4.78 is 63.5. The zero-order valence-corrected chi connectivity index (χ0v) is 37.9. The van der Waals surface area contributed by atoms with Gasteiger partial charge in [0.25, 0.3) is 5.91 Å². The number of phosphoric acid groups is 2. The molecule has 1 aliphatic rings. The Morgan fingerprint density at radius 2 is 1.19 bits per heavy atom. The van der Waals surface area contributed by atoms with Gasteiger partial charge in [0, 0.05) is 18.7 Å². The number of nitrogens with one attached hydrogen (secondary N) is 1. The lowest BCUT2D eigenvalue weighted by molar-refractivity contribution is 0.0990. The third kappa shape index (κ3) is 16.0. The summed E-state index contributed by atoms with van der Waals surface area (Å²) in [6.07, 6.45) is 15.9. The molecule has 0 fully saturated rings. The van der Waals surface area contributed by atoms with Crippen LogP contribution >= 0.6 is 15.6 Å². The molecule has 1 aliphatic heterocycles. The molecule has 0 saturated carbocycles. The maximum atomic E-state index is 14.7. The van der Waals surface area contributed by atoms with Gasteiger partial charge in [-0.15, -0.1) is 0 Å². The number of nitrogens with zero attached hydrogens (tertiary/aromatic N) is 1. The van der Waals surface area contributed by atoms with Gasteiger partial charge in [0.05, 0.1) is 43.4 Å². The highest BCUT2D eigenvalue weighted by molar-refractivity contribution is 7.49. The van der Waals surface area contributed by atoms with Crippen LogP contribution in [0.5, 0.6) is 17.2 Å². The van der Waals surface area contributed by atoms with E-state index in [0.717, 1.165) is 56.9 Å². The Bertz CT molecular complexity index is 1780. The number of phenolic OH excluding ortho intramolecular Hbond substituents is 1. The highest BCUT2D eigenvalue weighted by atomic mass is 31.2. The molecule has 58 heavy (non-hydrogen) atoms. The number of phosphoric ester groups is 2. The molecule has 2 N–H and O–H groups in total. The third-order valence-electron chi connectivity index (χ3n) is 9.26. The maximum absolute atomic E-state index is 14.7. The zero-order valence-electron chi connectivity index (χ0n) is 36.1. The fourth-order valence-electron chi connectivity index (χ4n) is 5.76. The van der Waals surface area contributed by atoms with E-state index in [-0.39, 0.29) is 72.8 Å². The number of carbonyl (C=O) groups excluding carboxylic acids is 1. The molecule has 3 rings (SSSR count). The van der Waals surface area contributed by atoms with Crippen LogP contribution < -0.4 is 19.3 Å². The first kappa shape index (κ1) is 49.0. The van der Waals surface area contributed by atoms with E-state index in [1.165, 1.54) is 28.2 Å². The second kappa shape index (κ2) is 25.3. The fourth-order valence-corrected chi connectivity index (χ4v) is 8.31. The Morgan fingerprint density at radius 3 is 1.71 bits per heavy atom. The number of rotatable bonds is 28. The van der Waals surface area contributed by atoms with E-state index in [0.29, 0.717) is 25.7 Å². The van der Waals surface area contributed by atoms with Crippen molar-refractivity contribution in [3.63, 3.8) is 0 Å². The van der Waals surface area contributed by atoms with Crippen LogP contribution in [-0.4, -0.2) is 44.0 Å². The van der Waals surface area contributed by atoms with Gasteiger partial charge >= 0.3 is 15.6 Å². The number of unbranched alkanes of at least 4 members (excludes halogenated alkanes) is 4. The van der Waals surface area contributed by atoms with E-state index in [1.807, 2.05) is 40.7 Å². The average Bonchev–Trinajstić information content (AvgIpc) is 3.28. The minimum absolute atomic E-state index is 0.0362. The second-order valence-corrected chi connectivity index (χ2v) is 18.0. The van der Waals surface area contributed by atoms with Crippen LogP contribution in [-0.2, 0) is 27.2 Å². The van der Waals surface area contributed by atoms with Gasteiger partial charge in [0.15, 0.2) is 11.5 Å². The number of anilines is 3. The number of benzene rings is 2. The molecule has 1 amide bonds. The quantitative estimate of drug-likeness (QED) is 0.0366. The predicted molar refractivity (Wildman–Crippen MR) is 235 cm³/mol. The zero-order chi connectivity index (χ0) is 42.6. The first-order chi connectivity index (χ1) is 27.8. The van der Waals surface area contributed by atoms with E-state index >= 15 is 0 Å². The largest absolute Gasteiger partial charge is 0.530 e. The summed E-state index contributed by atoms with van der Waals surface area (Å²) in [6, 6.07) is 7.56. The number of amides is 1. The summed E-state index contributed by atoms with van der Waals surface area (Å²) in [5.41, 5.74) is 4.50. The highest BCUT2D eigenvalue weighted by Gasteiger charge is 2.37. The summed E-state index contributed by atoms with van der Waals surface area (Å²) in [4.78, 5) is 16.2. The Balaban J connectivity index is 2.14. The predicted octanol–water partition coefficient (Wildman–Crippen LogP) is 13.8. The van der Waals surface area contributed by atoms with Crippen molar-refractivity contribution in [3.05, 3.63) is 70.8 Å². The van der Waals surface area contributed by atoms with Crippen LogP contribution in [0.1, 0.15) is 143 Å².